The van der Waals surface area contributed by atoms with Crippen molar-refractivity contribution in [2.75, 3.05) is 6.54 Å². The summed E-state index contributed by atoms with van der Waals surface area (Å²) in [5.74, 6) is -0.203. The van der Waals surface area contributed by atoms with Crippen LogP contribution in [0.5, 0.6) is 0 Å². The third kappa shape index (κ3) is 2.61. The lowest BCUT2D eigenvalue weighted by Crippen LogP contribution is -2.04. The number of hydrogen-bond acceptors (Lipinski definition) is 4. The highest BCUT2D eigenvalue weighted by molar-refractivity contribution is 8.01. The first-order valence-electron chi connectivity index (χ1n) is 4.86. The molecule has 0 radical (unpaired) electrons. The predicted molar refractivity (Wildman–Crippen MR) is 65.4 cm³/mol. The molecule has 0 amide bonds. The topological polar surface area (TPSA) is 38.9 Å². The van der Waals surface area contributed by atoms with Crippen molar-refractivity contribution in [1.82, 2.24) is 4.98 Å². The van der Waals surface area contributed by atoms with Gasteiger partial charge in [-0.1, -0.05) is 23.9 Å². The Kier molecular flexibility index (Phi) is 3.93. The predicted octanol–water partition coefficient (Wildman–Crippen LogP) is 2.93. The van der Waals surface area contributed by atoms with Crippen LogP contribution in [0.4, 0.5) is 4.39 Å². The molecule has 1 aromatic heterocycles. The van der Waals surface area contributed by atoms with Gasteiger partial charge in [0.25, 0.3) is 0 Å². The molecule has 84 valence electrons. The highest BCUT2D eigenvalue weighted by atomic mass is 32.2. The summed E-state index contributed by atoms with van der Waals surface area (Å²) in [4.78, 5) is 4.78. The number of aromatic nitrogens is 1. The SMILES string of the molecule is NCCc1cccc(F)c1Sc1nccs1. The molecule has 1 aromatic carbocycles. The molecule has 2 rings (SSSR count). The van der Waals surface area contributed by atoms with Crippen LogP contribution in [0.1, 0.15) is 5.56 Å². The van der Waals surface area contributed by atoms with Crippen molar-refractivity contribution in [2.45, 2.75) is 15.7 Å². The zero-order chi connectivity index (χ0) is 11.4. The van der Waals surface area contributed by atoms with Gasteiger partial charge in [0.1, 0.15) is 5.82 Å². The molecule has 0 unspecified atom stereocenters. The Bertz CT molecular complexity index is 457. The van der Waals surface area contributed by atoms with Crippen molar-refractivity contribution in [2.24, 2.45) is 5.73 Å². The van der Waals surface area contributed by atoms with Gasteiger partial charge in [0, 0.05) is 11.6 Å². The summed E-state index contributed by atoms with van der Waals surface area (Å²) in [5.41, 5.74) is 6.46. The average molecular weight is 254 g/mol. The monoisotopic (exact) mass is 254 g/mol. The van der Waals surface area contributed by atoms with Crippen molar-refractivity contribution in [3.8, 4) is 0 Å². The van der Waals surface area contributed by atoms with E-state index in [4.69, 9.17) is 5.73 Å². The van der Waals surface area contributed by atoms with E-state index in [1.807, 2.05) is 11.4 Å². The second-order valence-electron chi connectivity index (χ2n) is 3.17. The fraction of sp³-hybridized carbons (Fsp3) is 0.182. The van der Waals surface area contributed by atoms with E-state index in [0.29, 0.717) is 17.9 Å². The quantitative estimate of drug-likeness (QED) is 0.911. The second kappa shape index (κ2) is 5.43. The molecule has 0 fully saturated rings. The Morgan fingerprint density at radius 1 is 1.44 bits per heavy atom. The molecule has 0 aliphatic rings. The minimum Gasteiger partial charge on any atom is -0.330 e. The van der Waals surface area contributed by atoms with Crippen LogP contribution in [-0.2, 0) is 6.42 Å². The van der Waals surface area contributed by atoms with Crippen LogP contribution < -0.4 is 5.73 Å². The molecular weight excluding hydrogens is 243 g/mol. The molecule has 2 aromatic rings. The number of rotatable bonds is 4. The second-order valence-corrected chi connectivity index (χ2v) is 5.32. The number of halogens is 1. The number of thiazole rings is 1. The maximum absolute atomic E-state index is 13.7. The lowest BCUT2D eigenvalue weighted by molar-refractivity contribution is 0.597. The van der Waals surface area contributed by atoms with E-state index in [1.165, 1.54) is 29.2 Å². The van der Waals surface area contributed by atoms with Crippen molar-refractivity contribution in [1.29, 1.82) is 0 Å². The van der Waals surface area contributed by atoms with E-state index in [9.17, 15) is 4.39 Å². The Hall–Kier alpha value is -0.910. The van der Waals surface area contributed by atoms with Crippen LogP contribution >= 0.6 is 23.1 Å². The first-order valence-corrected chi connectivity index (χ1v) is 6.55. The summed E-state index contributed by atoms with van der Waals surface area (Å²) in [6, 6.07) is 5.09. The van der Waals surface area contributed by atoms with E-state index in [-0.39, 0.29) is 5.82 Å². The van der Waals surface area contributed by atoms with Gasteiger partial charge in [-0.15, -0.1) is 11.3 Å². The summed E-state index contributed by atoms with van der Waals surface area (Å²) in [5, 5.41) is 1.88. The van der Waals surface area contributed by atoms with Crippen molar-refractivity contribution in [3.05, 3.63) is 41.2 Å². The summed E-state index contributed by atoms with van der Waals surface area (Å²) in [7, 11) is 0. The van der Waals surface area contributed by atoms with Gasteiger partial charge in [-0.3, -0.25) is 0 Å². The molecule has 0 atom stereocenters. The van der Waals surface area contributed by atoms with Crippen molar-refractivity contribution < 1.29 is 4.39 Å². The van der Waals surface area contributed by atoms with Crippen LogP contribution in [-0.4, -0.2) is 11.5 Å². The normalized spacial score (nSPS) is 10.6. The average Bonchev–Trinajstić information content (AvgIpc) is 2.76. The number of nitrogens with zero attached hydrogens (tertiary/aromatic N) is 1. The molecule has 0 aliphatic carbocycles. The van der Waals surface area contributed by atoms with E-state index >= 15 is 0 Å². The van der Waals surface area contributed by atoms with E-state index < -0.39 is 0 Å². The van der Waals surface area contributed by atoms with Crippen LogP contribution in [0.3, 0.4) is 0 Å². The standard InChI is InChI=1S/C11H11FN2S2/c12-9-3-1-2-8(4-5-13)10(9)16-11-14-6-7-15-11/h1-3,6-7H,4-5,13H2. The first-order chi connectivity index (χ1) is 7.81. The molecule has 0 saturated heterocycles. The smallest absolute Gasteiger partial charge is 0.154 e. The van der Waals surface area contributed by atoms with Gasteiger partial charge in [0.05, 0.1) is 4.90 Å². The molecule has 5 heteroatoms. The maximum atomic E-state index is 13.7. The third-order valence-electron chi connectivity index (χ3n) is 2.06. The van der Waals surface area contributed by atoms with Crippen LogP contribution in [0.25, 0.3) is 0 Å². The summed E-state index contributed by atoms with van der Waals surface area (Å²) in [6.45, 7) is 0.523. The molecule has 0 bridgehead atoms. The van der Waals surface area contributed by atoms with Gasteiger partial charge in [-0.25, -0.2) is 9.37 Å². The molecule has 2 N–H and O–H groups in total. The fourth-order valence-electron chi connectivity index (χ4n) is 1.37. The molecular formula is C11H11FN2S2. The minimum atomic E-state index is -0.203. The fourth-order valence-corrected chi connectivity index (χ4v) is 3.09. The third-order valence-corrected chi connectivity index (χ3v) is 4.11. The summed E-state index contributed by atoms with van der Waals surface area (Å²) >= 11 is 2.87. The molecule has 0 saturated carbocycles. The molecule has 2 nitrogen and oxygen atoms in total. The van der Waals surface area contributed by atoms with Crippen LogP contribution in [0.2, 0.25) is 0 Å². The van der Waals surface area contributed by atoms with E-state index in [1.54, 1.807) is 12.3 Å². The lowest BCUT2D eigenvalue weighted by atomic mass is 10.1. The Balaban J connectivity index is 2.30. The van der Waals surface area contributed by atoms with Crippen molar-refractivity contribution in [3.63, 3.8) is 0 Å². The van der Waals surface area contributed by atoms with Gasteiger partial charge in [-0.2, -0.15) is 0 Å². The molecule has 0 aliphatic heterocycles. The Morgan fingerprint density at radius 2 is 2.31 bits per heavy atom. The zero-order valence-electron chi connectivity index (χ0n) is 8.52. The van der Waals surface area contributed by atoms with Crippen molar-refractivity contribution >= 4 is 23.1 Å². The largest absolute Gasteiger partial charge is 0.330 e. The number of hydrogen-bond donors (Lipinski definition) is 1. The van der Waals surface area contributed by atoms with Crippen LogP contribution in [0.15, 0.2) is 39.0 Å². The zero-order valence-corrected chi connectivity index (χ0v) is 10.2. The van der Waals surface area contributed by atoms with Gasteiger partial charge < -0.3 is 5.73 Å². The van der Waals surface area contributed by atoms with Gasteiger partial charge in [0.2, 0.25) is 0 Å². The summed E-state index contributed by atoms with van der Waals surface area (Å²) in [6.07, 6.45) is 2.40. The highest BCUT2D eigenvalue weighted by Gasteiger charge is 2.10. The summed E-state index contributed by atoms with van der Waals surface area (Å²) < 4.78 is 14.5. The Morgan fingerprint density at radius 3 is 3.00 bits per heavy atom. The van der Waals surface area contributed by atoms with Gasteiger partial charge in [-0.05, 0) is 24.6 Å². The molecule has 16 heavy (non-hydrogen) atoms. The molecule has 1 heterocycles. The maximum Gasteiger partial charge on any atom is 0.154 e. The molecule has 0 spiro atoms. The van der Waals surface area contributed by atoms with Crippen LogP contribution in [0, 0.1) is 5.82 Å². The minimum absolute atomic E-state index is 0.203. The highest BCUT2D eigenvalue weighted by Crippen LogP contribution is 2.33. The van der Waals surface area contributed by atoms with E-state index in [2.05, 4.69) is 4.98 Å². The number of nitrogens with two attached hydrogens (primary N) is 1. The van der Waals surface area contributed by atoms with Gasteiger partial charge in [0.15, 0.2) is 4.34 Å². The van der Waals surface area contributed by atoms with E-state index in [0.717, 1.165) is 9.90 Å². The van der Waals surface area contributed by atoms with Gasteiger partial charge >= 0.3 is 0 Å². The number of benzene rings is 1. The Labute approximate surface area is 102 Å². The first kappa shape index (κ1) is 11.6. The lowest BCUT2D eigenvalue weighted by Gasteiger charge is -2.07.